The molecule has 0 aromatic carbocycles. The van der Waals surface area contributed by atoms with Crippen LogP contribution in [0, 0.1) is 5.92 Å². The molecule has 2 N–H and O–H groups in total. The highest BCUT2D eigenvalue weighted by atomic mass is 16.5. The van der Waals surface area contributed by atoms with Crippen molar-refractivity contribution in [2.24, 2.45) is 11.7 Å². The van der Waals surface area contributed by atoms with Gasteiger partial charge < -0.3 is 10.5 Å². The third kappa shape index (κ3) is 3.32. The lowest BCUT2D eigenvalue weighted by Gasteiger charge is -2.30. The van der Waals surface area contributed by atoms with Gasteiger partial charge in [0.1, 0.15) is 0 Å². The van der Waals surface area contributed by atoms with Gasteiger partial charge in [-0.3, -0.25) is 0 Å². The van der Waals surface area contributed by atoms with Crippen molar-refractivity contribution < 1.29 is 4.74 Å². The molecule has 0 saturated heterocycles. The highest BCUT2D eigenvalue weighted by Crippen LogP contribution is 2.27. The van der Waals surface area contributed by atoms with Gasteiger partial charge in [-0.2, -0.15) is 0 Å². The van der Waals surface area contributed by atoms with Crippen molar-refractivity contribution in [3.8, 4) is 0 Å². The fourth-order valence-electron chi connectivity index (χ4n) is 2.54. The van der Waals surface area contributed by atoms with Crippen molar-refractivity contribution >= 4 is 0 Å². The van der Waals surface area contributed by atoms with Gasteiger partial charge in [-0.1, -0.05) is 19.1 Å². The van der Waals surface area contributed by atoms with Gasteiger partial charge in [0.15, 0.2) is 0 Å². The molecule has 1 saturated carbocycles. The van der Waals surface area contributed by atoms with E-state index in [1.165, 1.54) is 25.7 Å². The lowest BCUT2D eigenvalue weighted by molar-refractivity contribution is -0.0198. The molecule has 2 heteroatoms. The topological polar surface area (TPSA) is 35.2 Å². The van der Waals surface area contributed by atoms with Gasteiger partial charge in [-0.15, -0.1) is 0 Å². The van der Waals surface area contributed by atoms with Gasteiger partial charge in [0.25, 0.3) is 0 Å². The van der Waals surface area contributed by atoms with E-state index in [1.807, 2.05) is 0 Å². The summed E-state index contributed by atoms with van der Waals surface area (Å²) in [5.74, 6) is 0.903. The summed E-state index contributed by atoms with van der Waals surface area (Å²) in [4.78, 5) is 0. The number of nitrogens with two attached hydrogens (primary N) is 1. The van der Waals surface area contributed by atoms with Crippen LogP contribution in [0.25, 0.3) is 0 Å². The monoisotopic (exact) mass is 209 g/mol. The van der Waals surface area contributed by atoms with Crippen LogP contribution in [-0.4, -0.2) is 18.2 Å². The molecule has 2 rings (SSSR count). The Morgan fingerprint density at radius 1 is 1.00 bits per heavy atom. The predicted molar refractivity (Wildman–Crippen MR) is 62.6 cm³/mol. The third-order valence-corrected chi connectivity index (χ3v) is 3.69. The zero-order valence-corrected chi connectivity index (χ0v) is 9.69. The van der Waals surface area contributed by atoms with E-state index in [-0.39, 0.29) is 6.04 Å². The van der Waals surface area contributed by atoms with Gasteiger partial charge in [0.2, 0.25) is 0 Å². The van der Waals surface area contributed by atoms with Crippen molar-refractivity contribution in [3.63, 3.8) is 0 Å². The first-order valence-electron chi connectivity index (χ1n) is 6.33. The van der Waals surface area contributed by atoms with Crippen molar-refractivity contribution in [2.45, 2.75) is 63.7 Å². The molecule has 2 aliphatic rings. The largest absolute Gasteiger partial charge is 0.371 e. The van der Waals surface area contributed by atoms with Gasteiger partial charge in [-0.05, 0) is 44.4 Å². The maximum Gasteiger partial charge on any atom is 0.0760 e. The molecule has 0 heterocycles. The maximum absolute atomic E-state index is 6.09. The van der Waals surface area contributed by atoms with Crippen molar-refractivity contribution in [3.05, 3.63) is 12.2 Å². The smallest absolute Gasteiger partial charge is 0.0760 e. The Hall–Kier alpha value is -0.340. The van der Waals surface area contributed by atoms with Crippen molar-refractivity contribution in [1.29, 1.82) is 0 Å². The Labute approximate surface area is 92.9 Å². The molecule has 0 bridgehead atoms. The molecule has 0 aromatic rings. The Balaban J connectivity index is 1.75. The normalized spacial score (nSPS) is 41.7. The van der Waals surface area contributed by atoms with Crippen LogP contribution in [0.2, 0.25) is 0 Å². The van der Waals surface area contributed by atoms with Crippen LogP contribution < -0.4 is 5.73 Å². The van der Waals surface area contributed by atoms with E-state index < -0.39 is 0 Å². The highest BCUT2D eigenvalue weighted by molar-refractivity contribution is 5.01. The average Bonchev–Trinajstić information content (AvgIpc) is 2.25. The third-order valence-electron chi connectivity index (χ3n) is 3.69. The second-order valence-corrected chi connectivity index (χ2v) is 5.18. The first-order chi connectivity index (χ1) is 7.24. The van der Waals surface area contributed by atoms with E-state index in [0.29, 0.717) is 12.2 Å². The van der Waals surface area contributed by atoms with Crippen LogP contribution in [0.5, 0.6) is 0 Å². The van der Waals surface area contributed by atoms with Crippen LogP contribution >= 0.6 is 0 Å². The van der Waals surface area contributed by atoms with Crippen LogP contribution in [0.4, 0.5) is 0 Å². The molecule has 2 nitrogen and oxygen atoms in total. The fourth-order valence-corrected chi connectivity index (χ4v) is 2.54. The molecule has 2 aliphatic carbocycles. The number of hydrogen-bond acceptors (Lipinski definition) is 2. The summed E-state index contributed by atoms with van der Waals surface area (Å²) in [7, 11) is 0. The summed E-state index contributed by atoms with van der Waals surface area (Å²) < 4.78 is 6.09. The Morgan fingerprint density at radius 3 is 2.33 bits per heavy atom. The molecule has 86 valence electrons. The van der Waals surface area contributed by atoms with Crippen molar-refractivity contribution in [1.82, 2.24) is 0 Å². The van der Waals surface area contributed by atoms with Gasteiger partial charge in [0, 0.05) is 6.04 Å². The van der Waals surface area contributed by atoms with Crippen LogP contribution in [0.3, 0.4) is 0 Å². The molecule has 0 radical (unpaired) electrons. The summed E-state index contributed by atoms with van der Waals surface area (Å²) in [5, 5.41) is 0. The second-order valence-electron chi connectivity index (χ2n) is 5.18. The first-order valence-corrected chi connectivity index (χ1v) is 6.33. The summed E-state index contributed by atoms with van der Waals surface area (Å²) in [6.07, 6.45) is 12.4. The molecule has 1 fully saturated rings. The quantitative estimate of drug-likeness (QED) is 0.710. The van der Waals surface area contributed by atoms with Gasteiger partial charge >= 0.3 is 0 Å². The van der Waals surface area contributed by atoms with Crippen molar-refractivity contribution in [2.75, 3.05) is 0 Å². The molecule has 2 unspecified atom stereocenters. The van der Waals surface area contributed by atoms with E-state index in [2.05, 4.69) is 19.1 Å². The standard InChI is InChI=1S/C13H23NO/c1-10-2-6-12(7-3-10)15-13-8-4-11(14)5-9-13/h4,8,10-13H,2-3,5-7,9,14H2,1H3. The Morgan fingerprint density at radius 2 is 1.73 bits per heavy atom. The number of ether oxygens (including phenoxy) is 1. The summed E-state index contributed by atoms with van der Waals surface area (Å²) >= 11 is 0. The highest BCUT2D eigenvalue weighted by Gasteiger charge is 2.22. The molecular formula is C13H23NO. The molecule has 0 amide bonds. The Bertz CT molecular complexity index is 219. The minimum atomic E-state index is 0.260. The maximum atomic E-state index is 6.09. The molecule has 0 aromatic heterocycles. The van der Waals surface area contributed by atoms with E-state index >= 15 is 0 Å². The predicted octanol–water partition coefficient (Wildman–Crippen LogP) is 2.63. The van der Waals surface area contributed by atoms with Gasteiger partial charge in [0.05, 0.1) is 12.2 Å². The van der Waals surface area contributed by atoms with Gasteiger partial charge in [-0.25, -0.2) is 0 Å². The van der Waals surface area contributed by atoms with Crippen LogP contribution in [-0.2, 0) is 4.74 Å². The van der Waals surface area contributed by atoms with E-state index in [1.54, 1.807) is 0 Å². The molecule has 0 aliphatic heterocycles. The fraction of sp³-hybridized carbons (Fsp3) is 0.846. The lowest BCUT2D eigenvalue weighted by Crippen LogP contribution is -2.30. The first kappa shape index (κ1) is 11.2. The minimum absolute atomic E-state index is 0.260. The number of rotatable bonds is 2. The number of hydrogen-bond donors (Lipinski definition) is 1. The average molecular weight is 209 g/mol. The zero-order chi connectivity index (χ0) is 10.7. The summed E-state index contributed by atoms with van der Waals surface area (Å²) in [5.41, 5.74) is 5.81. The van der Waals surface area contributed by atoms with E-state index in [4.69, 9.17) is 10.5 Å². The van der Waals surface area contributed by atoms with Crippen LogP contribution in [0.15, 0.2) is 12.2 Å². The minimum Gasteiger partial charge on any atom is -0.371 e. The molecule has 0 spiro atoms. The summed E-state index contributed by atoms with van der Waals surface area (Å²) in [6.45, 7) is 2.34. The molecular weight excluding hydrogens is 186 g/mol. The lowest BCUT2D eigenvalue weighted by atomic mass is 9.88. The Kier molecular flexibility index (Phi) is 3.81. The SMILES string of the molecule is CC1CCC(OC2C=CC(N)CC2)CC1. The second kappa shape index (κ2) is 5.13. The van der Waals surface area contributed by atoms with Crippen LogP contribution in [0.1, 0.15) is 45.4 Å². The molecule has 15 heavy (non-hydrogen) atoms. The van der Waals surface area contributed by atoms with E-state index in [9.17, 15) is 0 Å². The zero-order valence-electron chi connectivity index (χ0n) is 9.69. The van der Waals surface area contributed by atoms with E-state index in [0.717, 1.165) is 18.8 Å². The molecule has 2 atom stereocenters. The summed E-state index contributed by atoms with van der Waals surface area (Å²) in [6, 6.07) is 0.260.